The van der Waals surface area contributed by atoms with E-state index in [1.54, 1.807) is 0 Å². The molecule has 0 radical (unpaired) electrons. The first-order valence-corrected chi connectivity index (χ1v) is 11.8. The zero-order valence-electron chi connectivity index (χ0n) is 19.2. The Balaban J connectivity index is 0.000000668. The second kappa shape index (κ2) is 22.9. The van der Waals surface area contributed by atoms with Gasteiger partial charge in [-0.05, 0) is 46.2 Å². The van der Waals surface area contributed by atoms with Gasteiger partial charge in [-0.3, -0.25) is 0 Å². The molecule has 0 bridgehead atoms. The zero-order valence-corrected chi connectivity index (χ0v) is 19.2. The molecule has 1 unspecified atom stereocenters. The number of aliphatic hydroxyl groups excluding tert-OH is 1. The number of ether oxygens (including phenoxy) is 2. The molecule has 0 aromatic heterocycles. The summed E-state index contributed by atoms with van der Waals surface area (Å²) < 4.78 is 10.2. The molecular weight excluding hydrogens is 350 g/mol. The molecule has 0 saturated carbocycles. The van der Waals surface area contributed by atoms with Gasteiger partial charge in [-0.1, -0.05) is 76.9 Å². The van der Waals surface area contributed by atoms with Gasteiger partial charge < -0.3 is 19.5 Å². The van der Waals surface area contributed by atoms with Crippen LogP contribution in [0.3, 0.4) is 0 Å². The molecule has 1 atom stereocenters. The largest absolute Gasteiger partial charge is 0.396 e. The Kier molecular flexibility index (Phi) is 22.5. The highest BCUT2D eigenvalue weighted by molar-refractivity contribution is 4.81. The van der Waals surface area contributed by atoms with Gasteiger partial charge in [0.2, 0.25) is 0 Å². The van der Waals surface area contributed by atoms with Crippen LogP contribution in [0.5, 0.6) is 0 Å². The fourth-order valence-corrected chi connectivity index (χ4v) is 3.24. The van der Waals surface area contributed by atoms with Crippen LogP contribution in [0.2, 0.25) is 0 Å². The molecule has 168 valence electrons. The predicted octanol–water partition coefficient (Wildman–Crippen LogP) is 5.94. The van der Waals surface area contributed by atoms with E-state index in [0.717, 1.165) is 19.6 Å². The summed E-state index contributed by atoms with van der Waals surface area (Å²) >= 11 is 0. The van der Waals surface area contributed by atoms with Crippen molar-refractivity contribution in [3.63, 3.8) is 0 Å². The summed E-state index contributed by atoms with van der Waals surface area (Å²) in [5, 5.41) is 8.66. The van der Waals surface area contributed by atoms with Crippen molar-refractivity contribution in [1.82, 2.24) is 4.90 Å². The second-order valence-electron chi connectivity index (χ2n) is 8.20. The summed E-state index contributed by atoms with van der Waals surface area (Å²) in [6.07, 6.45) is 23.5. The van der Waals surface area contributed by atoms with Crippen LogP contribution >= 0.6 is 0 Å². The molecule has 0 aliphatic carbocycles. The molecule has 28 heavy (non-hydrogen) atoms. The van der Waals surface area contributed by atoms with Gasteiger partial charge in [0.15, 0.2) is 0 Å². The van der Waals surface area contributed by atoms with E-state index in [1.165, 1.54) is 83.5 Å². The molecule has 1 fully saturated rings. The molecule has 0 aromatic rings. The van der Waals surface area contributed by atoms with Crippen LogP contribution in [0, 0.1) is 0 Å². The molecule has 1 aliphatic heterocycles. The number of nitrogens with zero attached hydrogens (tertiary/aromatic N) is 1. The first-order valence-electron chi connectivity index (χ1n) is 11.8. The summed E-state index contributed by atoms with van der Waals surface area (Å²) in [6, 6.07) is 0. The first-order chi connectivity index (χ1) is 13.7. The van der Waals surface area contributed by atoms with Gasteiger partial charge in [0.25, 0.3) is 0 Å². The third-order valence-corrected chi connectivity index (χ3v) is 4.93. The fraction of sp³-hybridized carbons (Fsp3) is 0.917. The number of rotatable bonds is 17. The highest BCUT2D eigenvalue weighted by atomic mass is 16.7. The highest BCUT2D eigenvalue weighted by Gasteiger charge is 2.15. The lowest BCUT2D eigenvalue weighted by molar-refractivity contribution is 0.0399. The van der Waals surface area contributed by atoms with Crippen molar-refractivity contribution < 1.29 is 14.6 Å². The molecule has 1 heterocycles. The summed E-state index contributed by atoms with van der Waals surface area (Å²) in [7, 11) is 4.06. The van der Waals surface area contributed by atoms with Crippen LogP contribution in [-0.2, 0) is 9.47 Å². The maximum absolute atomic E-state index is 8.66. The van der Waals surface area contributed by atoms with E-state index in [1.807, 2.05) is 14.1 Å². The Labute approximate surface area is 175 Å². The van der Waals surface area contributed by atoms with E-state index in [4.69, 9.17) is 14.6 Å². The summed E-state index contributed by atoms with van der Waals surface area (Å²) in [4.78, 5) is 2.10. The minimum absolute atomic E-state index is 0.292. The number of hydrogen-bond acceptors (Lipinski definition) is 4. The van der Waals surface area contributed by atoms with Crippen LogP contribution in [0.15, 0.2) is 12.2 Å². The van der Waals surface area contributed by atoms with E-state index >= 15 is 0 Å². The topological polar surface area (TPSA) is 41.9 Å². The third kappa shape index (κ3) is 21.9. The van der Waals surface area contributed by atoms with E-state index in [-0.39, 0.29) is 0 Å². The monoisotopic (exact) mass is 399 g/mol. The normalized spacial score (nSPS) is 16.7. The quantitative estimate of drug-likeness (QED) is 0.243. The van der Waals surface area contributed by atoms with E-state index < -0.39 is 0 Å². The maximum Gasteiger partial charge on any atom is 0.147 e. The van der Waals surface area contributed by atoms with E-state index in [9.17, 15) is 0 Å². The van der Waals surface area contributed by atoms with Gasteiger partial charge in [0.1, 0.15) is 6.79 Å². The van der Waals surface area contributed by atoms with Crippen molar-refractivity contribution in [2.45, 2.75) is 103 Å². The number of likely N-dealkylation sites (N-methyl/N-ethyl adjacent to an activating group) is 1. The molecule has 1 rings (SSSR count). The van der Waals surface area contributed by atoms with Gasteiger partial charge in [0, 0.05) is 13.2 Å². The number of unbranched alkanes of at least 4 members (excludes halogenated alkanes) is 12. The van der Waals surface area contributed by atoms with E-state index in [2.05, 4.69) is 24.0 Å². The van der Waals surface area contributed by atoms with Crippen molar-refractivity contribution in [2.24, 2.45) is 0 Å². The summed E-state index contributed by atoms with van der Waals surface area (Å²) in [6.45, 7) is 4.81. The van der Waals surface area contributed by atoms with Crippen molar-refractivity contribution in [2.75, 3.05) is 40.6 Å². The van der Waals surface area contributed by atoms with Gasteiger partial charge in [-0.2, -0.15) is 0 Å². The molecule has 0 spiro atoms. The smallest absolute Gasteiger partial charge is 0.147 e. The van der Waals surface area contributed by atoms with Crippen LogP contribution in [0.25, 0.3) is 0 Å². The molecule has 4 heteroatoms. The van der Waals surface area contributed by atoms with Crippen molar-refractivity contribution >= 4 is 0 Å². The lowest BCUT2D eigenvalue weighted by Crippen LogP contribution is -2.27. The Morgan fingerprint density at radius 1 is 0.821 bits per heavy atom. The summed E-state index contributed by atoms with van der Waals surface area (Å²) in [5.41, 5.74) is 0. The number of aliphatic hydroxyl groups is 1. The van der Waals surface area contributed by atoms with Gasteiger partial charge in [-0.15, -0.1) is 0 Å². The average Bonchev–Trinajstić information content (AvgIpc) is 3.18. The van der Waals surface area contributed by atoms with Gasteiger partial charge in [-0.25, -0.2) is 0 Å². The standard InChI is InChI=1S/C18H36O.C6H13NO2/c1-2-3-4-5-6-7-8-9-10-11-12-13-14-15-16-17-18-19;1-7(2)3-6-4-8-5-9-6/h9-10,19H,2-8,11-18H2,1H3;6H,3-5H2,1-2H3/b10-9-;. The fourth-order valence-electron chi connectivity index (χ4n) is 3.24. The number of hydrogen-bond donors (Lipinski definition) is 1. The number of allylic oxidation sites excluding steroid dienone is 2. The molecule has 0 amide bonds. The van der Waals surface area contributed by atoms with E-state index in [0.29, 0.717) is 19.5 Å². The lowest BCUT2D eigenvalue weighted by Gasteiger charge is -2.12. The Morgan fingerprint density at radius 3 is 1.82 bits per heavy atom. The molecule has 1 saturated heterocycles. The molecule has 4 nitrogen and oxygen atoms in total. The van der Waals surface area contributed by atoms with Crippen LogP contribution in [-0.4, -0.2) is 56.8 Å². The minimum atomic E-state index is 0.292. The zero-order chi connectivity index (χ0) is 20.7. The second-order valence-corrected chi connectivity index (χ2v) is 8.20. The van der Waals surface area contributed by atoms with Crippen molar-refractivity contribution in [3.8, 4) is 0 Å². The first kappa shape index (κ1) is 27.6. The molecule has 0 aromatic carbocycles. The molecule has 1 aliphatic rings. The average molecular weight is 400 g/mol. The highest BCUT2D eigenvalue weighted by Crippen LogP contribution is 2.09. The lowest BCUT2D eigenvalue weighted by atomic mass is 10.1. The third-order valence-electron chi connectivity index (χ3n) is 4.93. The summed E-state index contributed by atoms with van der Waals surface area (Å²) in [5.74, 6) is 0. The Morgan fingerprint density at radius 2 is 1.36 bits per heavy atom. The Hall–Kier alpha value is -0.420. The van der Waals surface area contributed by atoms with Gasteiger partial charge in [0.05, 0.1) is 12.7 Å². The maximum atomic E-state index is 8.66. The molecule has 1 N–H and O–H groups in total. The minimum Gasteiger partial charge on any atom is -0.396 e. The van der Waals surface area contributed by atoms with Crippen molar-refractivity contribution in [3.05, 3.63) is 12.2 Å². The predicted molar refractivity (Wildman–Crippen MR) is 121 cm³/mol. The van der Waals surface area contributed by atoms with Crippen LogP contribution < -0.4 is 0 Å². The van der Waals surface area contributed by atoms with Crippen LogP contribution in [0.1, 0.15) is 96.8 Å². The van der Waals surface area contributed by atoms with Crippen molar-refractivity contribution in [1.29, 1.82) is 0 Å². The molecular formula is C24H49NO3. The Bertz CT molecular complexity index is 315. The van der Waals surface area contributed by atoms with Crippen LogP contribution in [0.4, 0.5) is 0 Å². The van der Waals surface area contributed by atoms with Gasteiger partial charge >= 0.3 is 0 Å². The SMILES string of the molecule is CCCCCCCC/C=C\CCCCCCCCO.CN(C)CC1COCO1.